The zero-order chi connectivity index (χ0) is 24.9. The highest BCUT2D eigenvalue weighted by atomic mass is 19.1. The minimum atomic E-state index is -0.328. The SMILES string of the molecule is C=CC1=C(/C=C\C)c2cc(C(CC)N/C(=C(\N)c3ccc(F)cc3)c3ccc(F)cc3)ccc2C1. The predicted molar refractivity (Wildman–Crippen MR) is 142 cm³/mol. The van der Waals surface area contributed by atoms with Crippen LogP contribution in [0.25, 0.3) is 17.0 Å². The van der Waals surface area contributed by atoms with Gasteiger partial charge in [-0.25, -0.2) is 8.78 Å². The smallest absolute Gasteiger partial charge is 0.123 e. The van der Waals surface area contributed by atoms with Gasteiger partial charge in [-0.3, -0.25) is 0 Å². The van der Waals surface area contributed by atoms with Gasteiger partial charge in [-0.05, 0) is 113 Å². The van der Waals surface area contributed by atoms with Gasteiger partial charge in [-0.1, -0.05) is 43.9 Å². The predicted octanol–water partition coefficient (Wildman–Crippen LogP) is 7.56. The van der Waals surface area contributed by atoms with Gasteiger partial charge in [0.1, 0.15) is 11.6 Å². The molecular weight excluding hydrogens is 438 g/mol. The number of nitrogens with one attached hydrogen (secondary N) is 1. The van der Waals surface area contributed by atoms with Crippen molar-refractivity contribution in [3.05, 3.63) is 137 Å². The first-order valence-corrected chi connectivity index (χ1v) is 11.8. The Balaban J connectivity index is 1.77. The lowest BCUT2D eigenvalue weighted by atomic mass is 9.95. The summed E-state index contributed by atoms with van der Waals surface area (Å²) in [6, 6.07) is 18.8. The quantitative estimate of drug-likeness (QED) is 0.335. The Kier molecular flexibility index (Phi) is 7.31. The number of allylic oxidation sites excluding steroid dienone is 5. The maximum atomic E-state index is 13.7. The molecular formula is C31H30F2N2. The summed E-state index contributed by atoms with van der Waals surface area (Å²) in [5.74, 6) is -0.647. The normalized spacial score (nSPS) is 14.6. The van der Waals surface area contributed by atoms with Gasteiger partial charge < -0.3 is 11.1 Å². The third-order valence-corrected chi connectivity index (χ3v) is 6.42. The second-order valence-electron chi connectivity index (χ2n) is 8.64. The molecule has 0 aromatic heterocycles. The van der Waals surface area contributed by atoms with Crippen molar-refractivity contribution in [2.24, 2.45) is 5.73 Å². The average Bonchev–Trinajstić information content (AvgIpc) is 3.22. The van der Waals surface area contributed by atoms with Crippen molar-refractivity contribution >= 4 is 17.0 Å². The van der Waals surface area contributed by atoms with Crippen LogP contribution in [0.5, 0.6) is 0 Å². The van der Waals surface area contributed by atoms with Gasteiger partial charge in [-0.2, -0.15) is 0 Å². The molecule has 0 fully saturated rings. The van der Waals surface area contributed by atoms with Gasteiger partial charge in [-0.15, -0.1) is 0 Å². The van der Waals surface area contributed by atoms with Crippen molar-refractivity contribution in [3.63, 3.8) is 0 Å². The zero-order valence-corrected chi connectivity index (χ0v) is 20.1. The van der Waals surface area contributed by atoms with E-state index in [2.05, 4.69) is 49.2 Å². The van der Waals surface area contributed by atoms with Crippen molar-refractivity contribution in [1.82, 2.24) is 5.32 Å². The van der Waals surface area contributed by atoms with E-state index in [1.54, 1.807) is 24.3 Å². The number of nitrogens with two attached hydrogens (primary N) is 1. The number of halogens is 2. The maximum absolute atomic E-state index is 13.7. The van der Waals surface area contributed by atoms with Crippen LogP contribution < -0.4 is 11.1 Å². The highest BCUT2D eigenvalue weighted by molar-refractivity contribution is 5.88. The number of hydrogen-bond donors (Lipinski definition) is 2. The lowest BCUT2D eigenvalue weighted by Gasteiger charge is -2.24. The number of hydrogen-bond acceptors (Lipinski definition) is 2. The van der Waals surface area contributed by atoms with Crippen molar-refractivity contribution < 1.29 is 8.78 Å². The maximum Gasteiger partial charge on any atom is 0.123 e. The third-order valence-electron chi connectivity index (χ3n) is 6.42. The molecule has 1 atom stereocenters. The van der Waals surface area contributed by atoms with Gasteiger partial charge in [0, 0.05) is 0 Å². The molecule has 0 bridgehead atoms. The Hall–Kier alpha value is -3.92. The van der Waals surface area contributed by atoms with Gasteiger partial charge in [0.05, 0.1) is 17.4 Å². The summed E-state index contributed by atoms with van der Waals surface area (Å²) in [5, 5.41) is 3.62. The van der Waals surface area contributed by atoms with Crippen LogP contribution in [0, 0.1) is 11.6 Å². The minimum absolute atomic E-state index is 0.0426. The van der Waals surface area contributed by atoms with Crippen LogP contribution in [0.4, 0.5) is 8.78 Å². The highest BCUT2D eigenvalue weighted by Crippen LogP contribution is 2.37. The Bertz CT molecular complexity index is 1310. The molecule has 1 aliphatic carbocycles. The molecule has 35 heavy (non-hydrogen) atoms. The van der Waals surface area contributed by atoms with Crippen LogP contribution in [0.15, 0.2) is 97.1 Å². The van der Waals surface area contributed by atoms with Crippen LogP contribution in [0.2, 0.25) is 0 Å². The summed E-state index contributed by atoms with van der Waals surface area (Å²) in [5.41, 5.74) is 15.3. The molecule has 0 spiro atoms. The van der Waals surface area contributed by atoms with E-state index in [-0.39, 0.29) is 17.7 Å². The largest absolute Gasteiger partial charge is 0.397 e. The van der Waals surface area contributed by atoms with E-state index < -0.39 is 0 Å². The standard InChI is InChI=1S/C31H30F2N2/c1-4-7-27-20(5-2)18-23-8-9-24(19-28(23)27)29(6-3)35-31(22-12-16-26(33)17-13-22)30(34)21-10-14-25(32)15-11-21/h4-5,7-17,19,29,35H,2,6,18,34H2,1,3H3/b7-4-,31-30-. The fourth-order valence-electron chi connectivity index (χ4n) is 4.54. The molecule has 0 saturated heterocycles. The van der Waals surface area contributed by atoms with Gasteiger partial charge in [0.2, 0.25) is 0 Å². The Morgan fingerprint density at radius 3 is 2.20 bits per heavy atom. The summed E-state index contributed by atoms with van der Waals surface area (Å²) in [7, 11) is 0. The summed E-state index contributed by atoms with van der Waals surface area (Å²) >= 11 is 0. The first-order chi connectivity index (χ1) is 16.9. The second-order valence-corrected chi connectivity index (χ2v) is 8.64. The first-order valence-electron chi connectivity index (χ1n) is 11.8. The molecule has 3 aromatic carbocycles. The van der Waals surface area contributed by atoms with Crippen LogP contribution in [0.3, 0.4) is 0 Å². The van der Waals surface area contributed by atoms with Crippen molar-refractivity contribution in [2.45, 2.75) is 32.7 Å². The molecule has 0 radical (unpaired) electrons. The van der Waals surface area contributed by atoms with E-state index in [9.17, 15) is 8.78 Å². The monoisotopic (exact) mass is 468 g/mol. The summed E-state index contributed by atoms with van der Waals surface area (Å²) in [6.07, 6.45) is 7.80. The van der Waals surface area contributed by atoms with E-state index in [0.29, 0.717) is 17.0 Å². The summed E-state index contributed by atoms with van der Waals surface area (Å²) in [6.45, 7) is 8.12. The molecule has 0 heterocycles. The van der Waals surface area contributed by atoms with Crippen molar-refractivity contribution in [3.8, 4) is 0 Å². The van der Waals surface area contributed by atoms with E-state index in [1.807, 2.05) is 13.0 Å². The van der Waals surface area contributed by atoms with Gasteiger partial charge >= 0.3 is 0 Å². The molecule has 3 aromatic rings. The van der Waals surface area contributed by atoms with E-state index >= 15 is 0 Å². The highest BCUT2D eigenvalue weighted by Gasteiger charge is 2.21. The van der Waals surface area contributed by atoms with E-state index in [4.69, 9.17) is 5.73 Å². The third kappa shape index (κ3) is 5.12. The van der Waals surface area contributed by atoms with Crippen LogP contribution in [0.1, 0.15) is 54.1 Å². The number of fused-ring (bicyclic) bond motifs is 1. The molecule has 2 nitrogen and oxygen atoms in total. The lowest BCUT2D eigenvalue weighted by Crippen LogP contribution is -2.22. The number of benzene rings is 3. The molecule has 1 aliphatic rings. The van der Waals surface area contributed by atoms with Crippen LogP contribution in [-0.4, -0.2) is 0 Å². The Morgan fingerprint density at radius 1 is 1.00 bits per heavy atom. The molecule has 178 valence electrons. The Morgan fingerprint density at radius 2 is 1.63 bits per heavy atom. The fourth-order valence-corrected chi connectivity index (χ4v) is 4.54. The average molecular weight is 469 g/mol. The van der Waals surface area contributed by atoms with Crippen LogP contribution in [-0.2, 0) is 6.42 Å². The van der Waals surface area contributed by atoms with E-state index in [0.717, 1.165) is 24.0 Å². The molecule has 0 amide bonds. The topological polar surface area (TPSA) is 38.0 Å². The lowest BCUT2D eigenvalue weighted by molar-refractivity contribution is 0.612. The fraction of sp³-hybridized carbons (Fsp3) is 0.161. The summed E-state index contributed by atoms with van der Waals surface area (Å²) in [4.78, 5) is 0. The summed E-state index contributed by atoms with van der Waals surface area (Å²) < 4.78 is 27.2. The molecule has 4 rings (SSSR count). The molecule has 0 aliphatic heterocycles. The van der Waals surface area contributed by atoms with Crippen molar-refractivity contribution in [1.29, 1.82) is 0 Å². The molecule has 3 N–H and O–H groups in total. The van der Waals surface area contributed by atoms with Crippen LogP contribution >= 0.6 is 0 Å². The molecule has 0 saturated carbocycles. The first kappa shape index (κ1) is 24.2. The van der Waals surface area contributed by atoms with Crippen molar-refractivity contribution in [2.75, 3.05) is 0 Å². The molecule has 4 heteroatoms. The Labute approximate surface area is 206 Å². The van der Waals surface area contributed by atoms with Gasteiger partial charge in [0.15, 0.2) is 0 Å². The number of rotatable bonds is 8. The zero-order valence-electron chi connectivity index (χ0n) is 20.1. The van der Waals surface area contributed by atoms with E-state index in [1.165, 1.54) is 46.5 Å². The second kappa shape index (κ2) is 10.6. The van der Waals surface area contributed by atoms with Gasteiger partial charge in [0.25, 0.3) is 0 Å². The molecule has 1 unspecified atom stereocenters. The minimum Gasteiger partial charge on any atom is -0.397 e.